The monoisotopic (exact) mass is 834 g/mol. The summed E-state index contributed by atoms with van der Waals surface area (Å²) < 4.78 is 10.9. The van der Waals surface area contributed by atoms with Gasteiger partial charge in [0.2, 0.25) is 0 Å². The van der Waals surface area contributed by atoms with Gasteiger partial charge in [0.25, 0.3) is 0 Å². The van der Waals surface area contributed by atoms with Crippen molar-refractivity contribution in [3.05, 3.63) is 131 Å². The molecule has 5 nitrogen and oxygen atoms in total. The zero-order chi connectivity index (χ0) is 39.6. The van der Waals surface area contributed by atoms with Crippen LogP contribution in [0.5, 0.6) is 11.5 Å². The molecule has 56 heavy (non-hydrogen) atoms. The molecule has 3 aromatic heterocycles. The van der Waals surface area contributed by atoms with E-state index >= 15 is 0 Å². The van der Waals surface area contributed by atoms with Gasteiger partial charge < -0.3 is 9.30 Å². The molecule has 0 amide bonds. The fourth-order valence-corrected chi connectivity index (χ4v) is 8.02. The predicted molar refractivity (Wildman–Crippen MR) is 229 cm³/mol. The van der Waals surface area contributed by atoms with Crippen LogP contribution in [0.3, 0.4) is 0 Å². The summed E-state index contributed by atoms with van der Waals surface area (Å²) in [7, 11) is 0. The molecule has 0 saturated heterocycles. The standard InChI is InChI=1S/C50H56N4O.Pd/c1-31(2)47-46(34-26-40(49(8,9)10)33(4)41(27-34)50(11,12)13)44(30-48(5,6)7)54(52-47)35-17-16-18-36(28-35)55-37-21-22-39-38-19-14-15-20-42(38)53(43(39)29-37)45-25-32(3)23-24-51-45;/h14-27,31H,30H2,1-13H3;/q-2;+2. The Balaban J connectivity index is 0.00000532. The van der Waals surface area contributed by atoms with Crippen molar-refractivity contribution >= 4 is 21.8 Å². The summed E-state index contributed by atoms with van der Waals surface area (Å²) in [6.45, 7) is 29.7. The Hall–Kier alpha value is -4.50. The van der Waals surface area contributed by atoms with Crippen LogP contribution in [0.25, 0.3) is 44.4 Å². The fraction of sp³-hybridized carbons (Fsp3) is 0.360. The third-order valence-corrected chi connectivity index (χ3v) is 10.5. The predicted octanol–water partition coefficient (Wildman–Crippen LogP) is 13.3. The Bertz CT molecular complexity index is 2510. The van der Waals surface area contributed by atoms with E-state index < -0.39 is 0 Å². The first kappa shape index (κ1) is 41.1. The third kappa shape index (κ3) is 8.02. The molecule has 7 rings (SSSR count). The Morgan fingerprint density at radius 1 is 0.732 bits per heavy atom. The van der Waals surface area contributed by atoms with Crippen LogP contribution in [0.4, 0.5) is 0 Å². The summed E-state index contributed by atoms with van der Waals surface area (Å²) in [5.41, 5.74) is 12.9. The van der Waals surface area contributed by atoms with E-state index in [2.05, 4.69) is 166 Å². The number of hydrogen-bond acceptors (Lipinski definition) is 3. The molecule has 0 spiro atoms. The smallest absolute Gasteiger partial charge is 0.509 e. The van der Waals surface area contributed by atoms with Crippen molar-refractivity contribution < 1.29 is 25.2 Å². The number of benzene rings is 4. The number of para-hydroxylation sites is 1. The summed E-state index contributed by atoms with van der Waals surface area (Å²) in [6, 6.07) is 34.8. The summed E-state index contributed by atoms with van der Waals surface area (Å²) in [5, 5.41) is 7.67. The van der Waals surface area contributed by atoms with E-state index in [0.717, 1.165) is 51.0 Å². The second-order valence-corrected chi connectivity index (χ2v) is 18.8. The van der Waals surface area contributed by atoms with Crippen molar-refractivity contribution in [2.75, 3.05) is 0 Å². The molecule has 0 bridgehead atoms. The van der Waals surface area contributed by atoms with Crippen molar-refractivity contribution in [2.45, 2.75) is 113 Å². The zero-order valence-electron chi connectivity index (χ0n) is 35.4. The summed E-state index contributed by atoms with van der Waals surface area (Å²) >= 11 is 0. The van der Waals surface area contributed by atoms with E-state index in [1.54, 1.807) is 0 Å². The molecule has 0 aliphatic rings. The molecule has 3 heterocycles. The number of fused-ring (bicyclic) bond motifs is 3. The molecular formula is C50H56N4OPd. The van der Waals surface area contributed by atoms with Gasteiger partial charge in [0.1, 0.15) is 5.82 Å². The molecule has 0 unspecified atom stereocenters. The molecule has 0 N–H and O–H groups in total. The number of aryl methyl sites for hydroxylation is 1. The van der Waals surface area contributed by atoms with Gasteiger partial charge in [0.15, 0.2) is 0 Å². The maximum absolute atomic E-state index is 6.60. The summed E-state index contributed by atoms with van der Waals surface area (Å²) in [5.74, 6) is 2.28. The third-order valence-electron chi connectivity index (χ3n) is 10.5. The first-order chi connectivity index (χ1) is 25.8. The maximum Gasteiger partial charge on any atom is 2.00 e. The minimum Gasteiger partial charge on any atom is -0.509 e. The quantitative estimate of drug-likeness (QED) is 0.119. The molecule has 6 heteroatoms. The molecule has 0 radical (unpaired) electrons. The van der Waals surface area contributed by atoms with Crippen LogP contribution in [0.1, 0.15) is 116 Å². The Morgan fingerprint density at radius 3 is 2.02 bits per heavy atom. The summed E-state index contributed by atoms with van der Waals surface area (Å²) in [6.07, 6.45) is 2.70. The van der Waals surface area contributed by atoms with Crippen molar-refractivity contribution in [1.29, 1.82) is 0 Å². The van der Waals surface area contributed by atoms with Gasteiger partial charge >= 0.3 is 20.4 Å². The minimum atomic E-state index is -0.0112. The van der Waals surface area contributed by atoms with E-state index in [0.29, 0.717) is 11.5 Å². The summed E-state index contributed by atoms with van der Waals surface area (Å²) in [4.78, 5) is 4.74. The van der Waals surface area contributed by atoms with Crippen LogP contribution in [-0.4, -0.2) is 19.3 Å². The van der Waals surface area contributed by atoms with Crippen molar-refractivity contribution in [3.63, 3.8) is 0 Å². The number of aromatic nitrogens is 4. The van der Waals surface area contributed by atoms with Crippen LogP contribution >= 0.6 is 0 Å². The van der Waals surface area contributed by atoms with Crippen molar-refractivity contribution in [3.8, 4) is 34.1 Å². The van der Waals surface area contributed by atoms with Crippen LogP contribution in [0, 0.1) is 31.4 Å². The minimum absolute atomic E-state index is 0. The van der Waals surface area contributed by atoms with E-state index in [9.17, 15) is 0 Å². The second-order valence-electron chi connectivity index (χ2n) is 18.8. The molecule has 0 fully saturated rings. The average Bonchev–Trinajstić information content (AvgIpc) is 3.62. The van der Waals surface area contributed by atoms with Crippen molar-refractivity contribution in [1.82, 2.24) is 19.3 Å². The van der Waals surface area contributed by atoms with Gasteiger partial charge in [0.05, 0.1) is 11.4 Å². The van der Waals surface area contributed by atoms with Gasteiger partial charge in [-0.25, -0.2) is 4.98 Å². The largest absolute Gasteiger partial charge is 2.00 e. The molecule has 292 valence electrons. The second kappa shape index (κ2) is 15.1. The molecular weight excluding hydrogens is 779 g/mol. The van der Waals surface area contributed by atoms with Gasteiger partial charge in [-0.15, -0.1) is 35.7 Å². The normalized spacial score (nSPS) is 12.5. The number of nitrogens with zero attached hydrogens (tertiary/aromatic N) is 4. The van der Waals surface area contributed by atoms with Crippen LogP contribution < -0.4 is 4.74 Å². The van der Waals surface area contributed by atoms with Gasteiger partial charge in [-0.3, -0.25) is 4.68 Å². The molecule has 0 atom stereocenters. The van der Waals surface area contributed by atoms with E-state index in [4.69, 9.17) is 14.8 Å². The van der Waals surface area contributed by atoms with Crippen LogP contribution in [0.15, 0.2) is 85.1 Å². The van der Waals surface area contributed by atoms with Gasteiger partial charge in [-0.1, -0.05) is 112 Å². The Kier molecular flexibility index (Phi) is 11.1. The molecule has 0 aliphatic carbocycles. The molecule has 0 aliphatic heterocycles. The number of rotatable bonds is 7. The molecule has 4 aromatic carbocycles. The van der Waals surface area contributed by atoms with E-state index in [1.165, 1.54) is 33.5 Å². The van der Waals surface area contributed by atoms with Crippen LogP contribution in [0.2, 0.25) is 0 Å². The van der Waals surface area contributed by atoms with Gasteiger partial charge in [-0.05, 0) is 99.5 Å². The van der Waals surface area contributed by atoms with E-state index in [-0.39, 0.29) is 42.6 Å². The van der Waals surface area contributed by atoms with Gasteiger partial charge in [0, 0.05) is 28.8 Å². The van der Waals surface area contributed by atoms with Gasteiger partial charge in [-0.2, -0.15) is 17.2 Å². The first-order valence-corrected chi connectivity index (χ1v) is 19.7. The maximum atomic E-state index is 6.60. The topological polar surface area (TPSA) is 44.9 Å². The zero-order valence-corrected chi connectivity index (χ0v) is 36.9. The number of hydrogen-bond donors (Lipinski definition) is 0. The SMILES string of the molecule is Cc1ccnc(-n2c3[c-]c(Oc4[c-]c(-n5nc(C(C)C)c(-c6cc(C(C)(C)C)c(C)c(C(C)(C)C)c6)c5CC(C)(C)C)ccc4)ccc3c3ccccc32)c1.[Pd+2]. The Morgan fingerprint density at radius 2 is 1.39 bits per heavy atom. The number of pyridine rings is 1. The molecule has 0 saturated carbocycles. The van der Waals surface area contributed by atoms with Crippen LogP contribution in [-0.2, 0) is 37.7 Å². The fourth-order valence-electron chi connectivity index (χ4n) is 8.02. The van der Waals surface area contributed by atoms with E-state index in [1.807, 2.05) is 30.5 Å². The average molecular weight is 835 g/mol. The molecule has 7 aromatic rings. The number of ether oxygens (including phenoxy) is 1. The Labute approximate surface area is 348 Å². The van der Waals surface area contributed by atoms with Crippen molar-refractivity contribution in [2.24, 2.45) is 5.41 Å². The first-order valence-electron chi connectivity index (χ1n) is 19.7.